The van der Waals surface area contributed by atoms with Crippen LogP contribution in [0.1, 0.15) is 27.2 Å². The van der Waals surface area contributed by atoms with Gasteiger partial charge in [-0.15, -0.1) is 0 Å². The van der Waals surface area contributed by atoms with E-state index in [-0.39, 0.29) is 11.4 Å². The minimum atomic E-state index is -0.0625. The van der Waals surface area contributed by atoms with Crippen LogP contribution < -0.4 is 15.4 Å². The summed E-state index contributed by atoms with van der Waals surface area (Å²) in [6, 6.07) is 1.69. The van der Waals surface area contributed by atoms with Gasteiger partial charge in [0, 0.05) is 31.6 Å². The molecule has 0 bridgehead atoms. The number of carbonyl (C=O) groups is 1. The van der Waals surface area contributed by atoms with Crippen molar-refractivity contribution in [2.24, 2.45) is 7.05 Å². The second kappa shape index (κ2) is 5.86. The average Bonchev–Trinajstić information content (AvgIpc) is 2.56. The van der Waals surface area contributed by atoms with Crippen LogP contribution in [0.25, 0.3) is 0 Å². The molecule has 1 heterocycles. The van der Waals surface area contributed by atoms with Crippen molar-refractivity contribution in [3.05, 3.63) is 6.07 Å². The summed E-state index contributed by atoms with van der Waals surface area (Å²) in [5.74, 6) is 1.06. The van der Waals surface area contributed by atoms with Crippen LogP contribution in [0.4, 0.5) is 5.82 Å². The molecule has 1 aromatic rings. The van der Waals surface area contributed by atoms with E-state index >= 15 is 0 Å². The molecule has 0 aliphatic carbocycles. The number of anilines is 1. The number of methoxy groups -OCH3 is 1. The Balaban J connectivity index is 2.40. The molecule has 0 atom stereocenters. The summed E-state index contributed by atoms with van der Waals surface area (Å²) in [5.41, 5.74) is 0.0223. The monoisotopic (exact) mass is 254 g/mol. The third-order valence-corrected chi connectivity index (χ3v) is 2.32. The van der Waals surface area contributed by atoms with Crippen molar-refractivity contribution in [3.63, 3.8) is 0 Å². The molecule has 0 aliphatic heterocycles. The van der Waals surface area contributed by atoms with Crippen molar-refractivity contribution in [1.29, 1.82) is 0 Å². The van der Waals surface area contributed by atoms with Crippen LogP contribution in [0.15, 0.2) is 6.07 Å². The van der Waals surface area contributed by atoms with E-state index in [4.69, 9.17) is 4.74 Å². The lowest BCUT2D eigenvalue weighted by atomic mass is 10.1. The number of aromatic nitrogens is 2. The Morgan fingerprint density at radius 3 is 2.67 bits per heavy atom. The zero-order valence-electron chi connectivity index (χ0n) is 11.7. The highest BCUT2D eigenvalue weighted by atomic mass is 16.5. The summed E-state index contributed by atoms with van der Waals surface area (Å²) in [6.45, 7) is 6.83. The van der Waals surface area contributed by atoms with Gasteiger partial charge >= 0.3 is 0 Å². The van der Waals surface area contributed by atoms with Crippen molar-refractivity contribution < 1.29 is 9.53 Å². The maximum absolute atomic E-state index is 11.7. The summed E-state index contributed by atoms with van der Waals surface area (Å²) < 4.78 is 6.64. The second-order valence-electron chi connectivity index (χ2n) is 5.17. The lowest BCUT2D eigenvalue weighted by molar-refractivity contribution is -0.116. The van der Waals surface area contributed by atoms with Gasteiger partial charge in [-0.2, -0.15) is 5.10 Å². The van der Waals surface area contributed by atoms with Crippen LogP contribution in [0.2, 0.25) is 0 Å². The summed E-state index contributed by atoms with van der Waals surface area (Å²) in [4.78, 5) is 11.7. The minimum Gasteiger partial charge on any atom is -0.481 e. The number of aryl methyl sites for hydroxylation is 1. The van der Waals surface area contributed by atoms with Crippen LogP contribution in [-0.4, -0.2) is 34.9 Å². The lowest BCUT2D eigenvalue weighted by Gasteiger charge is -2.19. The second-order valence-corrected chi connectivity index (χ2v) is 5.17. The van der Waals surface area contributed by atoms with Crippen molar-refractivity contribution in [2.75, 3.05) is 19.0 Å². The van der Waals surface area contributed by atoms with Crippen molar-refractivity contribution in [1.82, 2.24) is 15.1 Å². The molecule has 0 saturated heterocycles. The van der Waals surface area contributed by atoms with Crippen molar-refractivity contribution in [3.8, 4) is 5.88 Å². The Labute approximate surface area is 108 Å². The molecule has 1 aromatic heterocycles. The van der Waals surface area contributed by atoms with E-state index in [1.54, 1.807) is 24.9 Å². The number of rotatable bonds is 5. The quantitative estimate of drug-likeness (QED) is 0.827. The Kier molecular flexibility index (Phi) is 4.72. The largest absolute Gasteiger partial charge is 0.481 e. The van der Waals surface area contributed by atoms with Gasteiger partial charge in [0.2, 0.25) is 11.8 Å². The molecule has 102 valence electrons. The number of hydrogen-bond acceptors (Lipinski definition) is 4. The maximum atomic E-state index is 11.7. The van der Waals surface area contributed by atoms with E-state index in [1.165, 1.54) is 0 Å². The SMILES string of the molecule is COc1cc(NC(=O)CCNC(C)(C)C)nn1C. The molecule has 0 spiro atoms. The standard InChI is InChI=1S/C12H22N4O2/c1-12(2,3)13-7-6-10(17)14-9-8-11(18-5)16(4)15-9/h8,13H,6-7H2,1-5H3,(H,14,15,17). The Bertz CT molecular complexity index is 407. The molecule has 1 rings (SSSR count). The van der Waals surface area contributed by atoms with Crippen molar-refractivity contribution >= 4 is 11.7 Å². The summed E-state index contributed by atoms with van der Waals surface area (Å²) in [6.07, 6.45) is 0.413. The highest BCUT2D eigenvalue weighted by Crippen LogP contribution is 2.15. The van der Waals surface area contributed by atoms with E-state index < -0.39 is 0 Å². The molecule has 0 saturated carbocycles. The number of nitrogens with one attached hydrogen (secondary N) is 2. The fourth-order valence-corrected chi connectivity index (χ4v) is 1.46. The molecular formula is C12H22N4O2. The zero-order chi connectivity index (χ0) is 13.8. The third kappa shape index (κ3) is 4.75. The predicted octanol–water partition coefficient (Wildman–Crippen LogP) is 1.15. The molecule has 2 N–H and O–H groups in total. The number of hydrogen-bond donors (Lipinski definition) is 2. The molecule has 18 heavy (non-hydrogen) atoms. The highest BCUT2D eigenvalue weighted by Gasteiger charge is 2.11. The number of amides is 1. The first-order chi connectivity index (χ1) is 8.31. The number of ether oxygens (including phenoxy) is 1. The van der Waals surface area contributed by atoms with E-state index in [0.717, 1.165) is 0 Å². The fourth-order valence-electron chi connectivity index (χ4n) is 1.46. The fraction of sp³-hybridized carbons (Fsp3) is 0.667. The zero-order valence-corrected chi connectivity index (χ0v) is 11.7. The maximum Gasteiger partial charge on any atom is 0.226 e. The number of nitrogens with zero attached hydrogens (tertiary/aromatic N) is 2. The first kappa shape index (κ1) is 14.5. The smallest absolute Gasteiger partial charge is 0.226 e. The molecular weight excluding hydrogens is 232 g/mol. The average molecular weight is 254 g/mol. The van der Waals surface area contributed by atoms with Gasteiger partial charge in [-0.25, -0.2) is 4.68 Å². The summed E-state index contributed by atoms with van der Waals surface area (Å²) in [7, 11) is 3.32. The summed E-state index contributed by atoms with van der Waals surface area (Å²) in [5, 5.41) is 10.1. The Morgan fingerprint density at radius 1 is 1.50 bits per heavy atom. The van der Waals surface area contributed by atoms with Crippen LogP contribution >= 0.6 is 0 Å². The first-order valence-electron chi connectivity index (χ1n) is 5.95. The van der Waals surface area contributed by atoms with Gasteiger partial charge < -0.3 is 15.4 Å². The van der Waals surface area contributed by atoms with Gasteiger partial charge in [0.15, 0.2) is 5.82 Å². The minimum absolute atomic E-state index is 0.0223. The van der Waals surface area contributed by atoms with Crippen LogP contribution in [0.5, 0.6) is 5.88 Å². The molecule has 1 amide bonds. The van der Waals surface area contributed by atoms with Gasteiger partial charge in [0.25, 0.3) is 0 Å². The van der Waals surface area contributed by atoms with E-state index in [1.807, 2.05) is 0 Å². The lowest BCUT2D eigenvalue weighted by Crippen LogP contribution is -2.37. The van der Waals surface area contributed by atoms with Crippen LogP contribution in [-0.2, 0) is 11.8 Å². The van der Waals surface area contributed by atoms with E-state index in [2.05, 4.69) is 36.5 Å². The van der Waals surface area contributed by atoms with Gasteiger partial charge in [0.1, 0.15) is 0 Å². The highest BCUT2D eigenvalue weighted by molar-refractivity contribution is 5.89. The van der Waals surface area contributed by atoms with E-state index in [0.29, 0.717) is 24.7 Å². The molecule has 6 heteroatoms. The molecule has 0 aromatic carbocycles. The third-order valence-electron chi connectivity index (χ3n) is 2.32. The first-order valence-corrected chi connectivity index (χ1v) is 5.95. The van der Waals surface area contributed by atoms with E-state index in [9.17, 15) is 4.79 Å². The topological polar surface area (TPSA) is 68.2 Å². The molecule has 0 aliphatic rings. The van der Waals surface area contributed by atoms with Gasteiger partial charge in [-0.3, -0.25) is 4.79 Å². The van der Waals surface area contributed by atoms with Crippen molar-refractivity contribution in [2.45, 2.75) is 32.7 Å². The Hall–Kier alpha value is -1.56. The van der Waals surface area contributed by atoms with Gasteiger partial charge in [-0.1, -0.05) is 0 Å². The Morgan fingerprint density at radius 2 is 2.17 bits per heavy atom. The normalized spacial score (nSPS) is 11.4. The molecule has 0 radical (unpaired) electrons. The van der Waals surface area contributed by atoms with Crippen LogP contribution in [0, 0.1) is 0 Å². The predicted molar refractivity (Wildman–Crippen MR) is 70.8 cm³/mol. The van der Waals surface area contributed by atoms with Crippen LogP contribution in [0.3, 0.4) is 0 Å². The molecule has 0 fully saturated rings. The van der Waals surface area contributed by atoms with Gasteiger partial charge in [0.05, 0.1) is 7.11 Å². The molecule has 0 unspecified atom stereocenters. The summed E-state index contributed by atoms with van der Waals surface area (Å²) >= 11 is 0. The molecule has 6 nitrogen and oxygen atoms in total. The van der Waals surface area contributed by atoms with Gasteiger partial charge in [-0.05, 0) is 20.8 Å². The number of carbonyl (C=O) groups excluding carboxylic acids is 1.